The number of nitrogens with one attached hydrogen (secondary N) is 10. The van der Waals surface area contributed by atoms with Gasteiger partial charge in [0.1, 0.15) is 124 Å². The van der Waals surface area contributed by atoms with Crippen molar-refractivity contribution < 1.29 is 175 Å². The number of aliphatic hydroxyl groups excluding tert-OH is 12. The van der Waals surface area contributed by atoms with Gasteiger partial charge in [0, 0.05) is 130 Å². The van der Waals surface area contributed by atoms with Crippen molar-refractivity contribution >= 4 is 84.4 Å². The van der Waals surface area contributed by atoms with E-state index in [2.05, 4.69) is 53.2 Å². The Kier molecular flexibility index (Phi) is 54.3. The zero-order valence-electron chi connectivity index (χ0n) is 79.1. The Morgan fingerprint density at radius 2 is 0.591 bits per heavy atom. The third-order valence-corrected chi connectivity index (χ3v) is 25.2. The summed E-state index contributed by atoms with van der Waals surface area (Å²) in [6, 6.07) is -1.05. The van der Waals surface area contributed by atoms with E-state index in [9.17, 15) is 114 Å². The number of benzene rings is 1. The van der Waals surface area contributed by atoms with Crippen molar-refractivity contribution in [3.63, 3.8) is 0 Å². The number of carbonyl (C=O) groups is 12. The first-order valence-corrected chi connectivity index (χ1v) is 48.8. The highest BCUT2D eigenvalue weighted by Crippen LogP contribution is 2.47. The third-order valence-electron chi connectivity index (χ3n) is 23.8. The number of rotatable bonds is 63. The number of phosphoric acid groups is 1. The summed E-state index contributed by atoms with van der Waals surface area (Å²) in [5, 5.41) is 151. The van der Waals surface area contributed by atoms with Crippen molar-refractivity contribution in [1.82, 2.24) is 57.7 Å². The number of ether oxygens (including phenoxy) is 8. The van der Waals surface area contributed by atoms with E-state index in [0.717, 1.165) is 22.3 Å². The molecule has 1 aromatic carbocycles. The lowest BCUT2D eigenvalue weighted by Crippen LogP contribution is -2.64. The predicted octanol–water partition coefficient (Wildman–Crippen LogP) is -4.04. The van der Waals surface area contributed by atoms with Crippen LogP contribution in [0.4, 0.5) is 5.69 Å². The molecule has 20 atom stereocenters. The molecule has 4 heterocycles. The van der Waals surface area contributed by atoms with Crippen LogP contribution < -0.4 is 53.2 Å². The summed E-state index contributed by atoms with van der Waals surface area (Å²) in [4.78, 5) is 166. The number of amides is 12. The number of carbonyl (C=O) groups excluding carboxylic acids is 12. The summed E-state index contributed by atoms with van der Waals surface area (Å²) in [5.74, 6) is -9.03. The fourth-order valence-electron chi connectivity index (χ4n) is 16.3. The highest BCUT2D eigenvalue weighted by molar-refractivity contribution is 7.48. The van der Waals surface area contributed by atoms with Crippen LogP contribution in [0.3, 0.4) is 0 Å². The van der Waals surface area contributed by atoms with E-state index < -0.39 is 260 Å². The monoisotopic (exact) mass is 1980 g/mol. The largest absolute Gasteiger partial charge is 0.474 e. The molecule has 5 fully saturated rings. The smallest absolute Gasteiger partial charge is 0.394 e. The molecule has 0 spiro atoms. The standard InChI is InChI=1S/C88H149N12O36P/c1-52(105)94-69-77(117)73(113)61(48-101)133-85(69)128-36-22-12-7-17-31-89-65(109)44-99(45-66(110)90-32-18-8-13-23-37-129-86-70(95-53(2)106)78(118)74(114)62(49-102)134-86)83(123)58-41-59(43-60(42-58)98-82(122)57-29-27-56(28-30-57)81(121)93-35-21-11-16-26-40-132-137(125,126-5)127-6)84(124)100(46-67(111)91-33-19-9-14-24-38-130-87-71(96-54(3)107)79(119)75(115)63(50-103)135-87)47-68(112)92-34-20-10-15-25-39-131-88-72(97-55(4)108)80(120)76(116)64(51-104)136-88/h41-43,56-57,61-64,69-80,85-88,101-104,113-120H,7-40,44-51H2,1-6H3,(H,89,109)(H,90,110)(H,91,111)(H,92,112)(H,93,121)(H,94,105)(H,95,106)(H,96,107)(H,97,108)(H,98,122)/t56-,57-,61?,62?,63?,64?,69?,70?,71?,72?,73?,74?,75?,76?,77?,78?,79?,80?,85?,86?,87?,88?. The van der Waals surface area contributed by atoms with Crippen LogP contribution in [-0.2, 0) is 104 Å². The molecule has 6 rings (SSSR count). The number of hydrogen-bond acceptors (Lipinski definition) is 36. The summed E-state index contributed by atoms with van der Waals surface area (Å²) in [7, 11) is -1.19. The fraction of sp³-hybridized carbons (Fsp3) is 0.795. The number of nitrogens with zero attached hydrogens (tertiary/aromatic N) is 2. The number of unbranched alkanes of at least 4 members (excludes halogenated alkanes) is 15. The van der Waals surface area contributed by atoms with Gasteiger partial charge in [-0.25, -0.2) is 4.57 Å². The van der Waals surface area contributed by atoms with E-state index in [1.165, 1.54) is 54.0 Å². The van der Waals surface area contributed by atoms with Crippen molar-refractivity contribution in [3.05, 3.63) is 29.3 Å². The maximum atomic E-state index is 15.5. The second-order valence-electron chi connectivity index (χ2n) is 34.8. The summed E-state index contributed by atoms with van der Waals surface area (Å²) in [5.41, 5.74) is -0.851. The lowest BCUT2D eigenvalue weighted by atomic mass is 9.81. The lowest BCUT2D eigenvalue weighted by Gasteiger charge is -2.42. The Balaban J connectivity index is 1.23. The Hall–Kier alpha value is -7.83. The third kappa shape index (κ3) is 40.6. The molecule has 0 bridgehead atoms. The van der Waals surface area contributed by atoms with E-state index in [1.807, 2.05) is 0 Å². The predicted molar refractivity (Wildman–Crippen MR) is 483 cm³/mol. The van der Waals surface area contributed by atoms with Gasteiger partial charge in [-0.1, -0.05) is 64.2 Å². The van der Waals surface area contributed by atoms with E-state index >= 15 is 9.59 Å². The van der Waals surface area contributed by atoms with Gasteiger partial charge in [0.15, 0.2) is 25.2 Å². The molecule has 20 unspecified atom stereocenters. The van der Waals surface area contributed by atoms with Gasteiger partial charge in [0.05, 0.1) is 33.0 Å². The second kappa shape index (κ2) is 63.2. The van der Waals surface area contributed by atoms with E-state index in [4.69, 9.17) is 51.5 Å². The zero-order valence-corrected chi connectivity index (χ0v) is 80.0. The summed E-state index contributed by atoms with van der Waals surface area (Å²) >= 11 is 0. The minimum absolute atomic E-state index is 0.0550. The quantitative estimate of drug-likeness (QED) is 0.0218. The molecule has 4 saturated heterocycles. The van der Waals surface area contributed by atoms with E-state index in [-0.39, 0.29) is 94.8 Å². The molecule has 0 radical (unpaired) electrons. The molecule has 1 aromatic rings. The van der Waals surface area contributed by atoms with Gasteiger partial charge >= 0.3 is 7.82 Å². The maximum absolute atomic E-state index is 15.5. The minimum atomic E-state index is -3.62. The molecule has 48 nitrogen and oxygen atoms in total. The normalized spacial score (nSPS) is 26.6. The van der Waals surface area contributed by atoms with Crippen molar-refractivity contribution in [2.45, 2.75) is 304 Å². The molecule has 0 aromatic heterocycles. The molecule has 1 saturated carbocycles. The molecule has 4 aliphatic heterocycles. The Morgan fingerprint density at radius 1 is 0.343 bits per heavy atom. The van der Waals surface area contributed by atoms with Gasteiger partial charge in [-0.3, -0.25) is 71.1 Å². The van der Waals surface area contributed by atoms with E-state index in [1.54, 1.807) is 0 Å². The molecule has 5 aliphatic rings. The van der Waals surface area contributed by atoms with Crippen molar-refractivity contribution in [2.24, 2.45) is 11.8 Å². The fourth-order valence-corrected chi connectivity index (χ4v) is 17.0. The van der Waals surface area contributed by atoms with Crippen LogP contribution in [0.15, 0.2) is 18.2 Å². The molecule has 49 heteroatoms. The first-order chi connectivity index (χ1) is 65.5. The maximum Gasteiger partial charge on any atom is 0.474 e. The SMILES string of the molecule is COP(=O)(OC)OCCCCCCNC(=O)[C@H]1CC[C@H](C(=O)Nc2cc(C(=O)N(CC(=O)NCCCCCCOC3OC(CO)C(O)C(O)C3NC(C)=O)CC(=O)NCCCCCCOC3OC(CO)C(O)C(O)C3NC(C)=O)cc(C(=O)N(CC(=O)NCCCCCCOC3OC(CO)C(O)C(O)C3NC(C)=O)CC(=O)NCCCCCCOC3OC(CO)C(O)C(O)C3NC(C)=O)c2)CC1. The van der Waals surface area contributed by atoms with Gasteiger partial charge in [0.25, 0.3) is 11.8 Å². The number of aliphatic hydroxyl groups is 12. The molecule has 1 aliphatic carbocycles. The Bertz CT molecular complexity index is 3560. The van der Waals surface area contributed by atoms with E-state index in [0.29, 0.717) is 141 Å². The first kappa shape index (κ1) is 118. The molecule has 137 heavy (non-hydrogen) atoms. The van der Waals surface area contributed by atoms with Crippen LogP contribution in [0, 0.1) is 11.8 Å². The molecule has 22 N–H and O–H groups in total. The highest BCUT2D eigenvalue weighted by Gasteiger charge is 2.50. The summed E-state index contributed by atoms with van der Waals surface area (Å²) in [6.45, 7) is 0.146. The van der Waals surface area contributed by atoms with Gasteiger partial charge in [-0.05, 0) is 108 Å². The zero-order chi connectivity index (χ0) is 101. The topological polar surface area (TPSA) is 693 Å². The number of hydrogen-bond donors (Lipinski definition) is 22. The first-order valence-electron chi connectivity index (χ1n) is 47.3. The van der Waals surface area contributed by atoms with Crippen LogP contribution in [0.2, 0.25) is 0 Å². The molecular formula is C88H149N12O36P. The molecule has 782 valence electrons. The average molecular weight is 1980 g/mol. The Labute approximate surface area is 797 Å². The van der Waals surface area contributed by atoms with Crippen LogP contribution in [0.5, 0.6) is 0 Å². The van der Waals surface area contributed by atoms with Gasteiger partial charge in [0.2, 0.25) is 59.1 Å². The van der Waals surface area contributed by atoms with Gasteiger partial charge in [-0.2, -0.15) is 0 Å². The van der Waals surface area contributed by atoms with Crippen LogP contribution in [-0.4, -0.2) is 397 Å². The van der Waals surface area contributed by atoms with Crippen molar-refractivity contribution in [2.75, 3.05) is 138 Å². The Morgan fingerprint density at radius 3 is 0.847 bits per heavy atom. The molecule has 12 amide bonds. The number of phosphoric ester groups is 1. The van der Waals surface area contributed by atoms with Crippen LogP contribution in [0.1, 0.15) is 203 Å². The van der Waals surface area contributed by atoms with Crippen LogP contribution >= 0.6 is 7.82 Å². The number of anilines is 1. The average Bonchev–Trinajstić information content (AvgIpc) is 0.824. The second-order valence-corrected chi connectivity index (χ2v) is 36.7. The van der Waals surface area contributed by atoms with Gasteiger partial charge < -0.3 is 162 Å². The summed E-state index contributed by atoms with van der Waals surface area (Å²) < 4.78 is 73.1. The summed E-state index contributed by atoms with van der Waals surface area (Å²) in [6.07, 6.45) is -10.9. The minimum Gasteiger partial charge on any atom is -0.394 e. The molecular weight excluding hydrogens is 1830 g/mol. The van der Waals surface area contributed by atoms with Crippen molar-refractivity contribution in [1.29, 1.82) is 0 Å². The lowest BCUT2D eigenvalue weighted by molar-refractivity contribution is -0.270. The van der Waals surface area contributed by atoms with Crippen molar-refractivity contribution in [3.8, 4) is 0 Å². The highest BCUT2D eigenvalue weighted by atomic mass is 31.2. The van der Waals surface area contributed by atoms with Gasteiger partial charge in [-0.15, -0.1) is 0 Å². The van der Waals surface area contributed by atoms with Crippen LogP contribution in [0.25, 0.3) is 0 Å².